The molecule has 0 unspecified atom stereocenters. The van der Waals surface area contributed by atoms with Crippen molar-refractivity contribution in [3.63, 3.8) is 0 Å². The van der Waals surface area contributed by atoms with Crippen LogP contribution in [0.5, 0.6) is 0 Å². The van der Waals surface area contributed by atoms with Gasteiger partial charge < -0.3 is 5.32 Å². The lowest BCUT2D eigenvalue weighted by Crippen LogP contribution is -2.34. The van der Waals surface area contributed by atoms with Crippen LogP contribution in [-0.2, 0) is 14.8 Å². The molecule has 2 N–H and O–H groups in total. The fraction of sp³-hybridized carbons (Fsp3) is 0.562. The second-order valence-corrected chi connectivity index (χ2v) is 7.39. The number of anilines is 1. The molecule has 23 heavy (non-hydrogen) atoms. The van der Waals surface area contributed by atoms with Crippen molar-refractivity contribution < 1.29 is 17.6 Å². The van der Waals surface area contributed by atoms with E-state index in [4.69, 9.17) is 0 Å². The van der Waals surface area contributed by atoms with Gasteiger partial charge in [0.05, 0.1) is 12.3 Å². The van der Waals surface area contributed by atoms with Crippen LogP contribution in [0.4, 0.5) is 10.1 Å². The number of hydrogen-bond donors (Lipinski definition) is 2. The zero-order valence-electron chi connectivity index (χ0n) is 13.5. The summed E-state index contributed by atoms with van der Waals surface area (Å²) < 4.78 is 38.8. The number of sulfonamides is 1. The molecule has 0 fully saturated rings. The highest BCUT2D eigenvalue weighted by Crippen LogP contribution is 2.09. The molecule has 130 valence electrons. The van der Waals surface area contributed by atoms with Crippen LogP contribution in [0.3, 0.4) is 0 Å². The van der Waals surface area contributed by atoms with Crippen LogP contribution in [-0.4, -0.2) is 26.6 Å². The number of halogens is 1. The monoisotopic (exact) mass is 344 g/mol. The van der Waals surface area contributed by atoms with Gasteiger partial charge in [0, 0.05) is 5.69 Å². The van der Waals surface area contributed by atoms with Gasteiger partial charge in [0.1, 0.15) is 5.82 Å². The third-order valence-corrected chi connectivity index (χ3v) is 4.74. The third-order valence-electron chi connectivity index (χ3n) is 3.33. The van der Waals surface area contributed by atoms with E-state index in [1.807, 2.05) is 0 Å². The lowest BCUT2D eigenvalue weighted by Gasteiger charge is -2.08. The molecular formula is C16H25FN2O3S. The van der Waals surface area contributed by atoms with Crippen LogP contribution in [0, 0.1) is 5.82 Å². The summed E-state index contributed by atoms with van der Waals surface area (Å²) in [7, 11) is -3.45. The van der Waals surface area contributed by atoms with Crippen molar-refractivity contribution >= 4 is 21.6 Å². The average molecular weight is 344 g/mol. The predicted octanol–water partition coefficient (Wildman–Crippen LogP) is 3.04. The first-order valence-corrected chi connectivity index (χ1v) is 9.61. The Morgan fingerprint density at radius 3 is 2.52 bits per heavy atom. The van der Waals surface area contributed by atoms with Gasteiger partial charge in [0.2, 0.25) is 15.9 Å². The van der Waals surface area contributed by atoms with Crippen LogP contribution in [0.25, 0.3) is 0 Å². The molecule has 1 aromatic rings. The number of hydrogen-bond acceptors (Lipinski definition) is 3. The normalized spacial score (nSPS) is 11.4. The van der Waals surface area contributed by atoms with E-state index in [0.29, 0.717) is 12.1 Å². The summed E-state index contributed by atoms with van der Waals surface area (Å²) in [5.41, 5.74) is 0.296. The summed E-state index contributed by atoms with van der Waals surface area (Å²) in [6.07, 6.45) is 5.94. The minimum Gasteiger partial charge on any atom is -0.325 e. The number of unbranched alkanes of at least 4 members (excludes halogenated alkanes) is 5. The number of amides is 1. The number of benzene rings is 1. The van der Waals surface area contributed by atoms with Crippen LogP contribution in [0.15, 0.2) is 24.3 Å². The zero-order valence-corrected chi connectivity index (χ0v) is 14.3. The van der Waals surface area contributed by atoms with E-state index in [-0.39, 0.29) is 12.3 Å². The highest BCUT2D eigenvalue weighted by molar-refractivity contribution is 7.89. The van der Waals surface area contributed by atoms with Crippen LogP contribution < -0.4 is 10.0 Å². The van der Waals surface area contributed by atoms with Gasteiger partial charge >= 0.3 is 0 Å². The predicted molar refractivity (Wildman–Crippen MR) is 90.2 cm³/mol. The van der Waals surface area contributed by atoms with Gasteiger partial charge in [-0.15, -0.1) is 0 Å². The second-order valence-electron chi connectivity index (χ2n) is 5.47. The van der Waals surface area contributed by atoms with E-state index in [9.17, 15) is 17.6 Å². The molecule has 0 heterocycles. The van der Waals surface area contributed by atoms with E-state index >= 15 is 0 Å². The SMILES string of the molecule is CCCCCCCCS(=O)(=O)NCC(=O)Nc1cccc(F)c1. The Morgan fingerprint density at radius 2 is 1.83 bits per heavy atom. The molecule has 1 amide bonds. The molecule has 0 saturated heterocycles. The summed E-state index contributed by atoms with van der Waals surface area (Å²) in [6.45, 7) is 1.78. The Bertz CT molecular complexity index is 591. The summed E-state index contributed by atoms with van der Waals surface area (Å²) in [4.78, 5) is 11.7. The molecule has 0 aliphatic heterocycles. The third kappa shape index (κ3) is 9.30. The lowest BCUT2D eigenvalue weighted by molar-refractivity contribution is -0.115. The average Bonchev–Trinajstić information content (AvgIpc) is 2.49. The molecule has 1 aromatic carbocycles. The number of rotatable bonds is 11. The van der Waals surface area contributed by atoms with Gasteiger partial charge in [-0.25, -0.2) is 17.5 Å². The Balaban J connectivity index is 2.25. The fourth-order valence-electron chi connectivity index (χ4n) is 2.09. The maximum atomic E-state index is 13.0. The van der Waals surface area contributed by atoms with Crippen molar-refractivity contribution in [1.29, 1.82) is 0 Å². The molecule has 0 atom stereocenters. The van der Waals surface area contributed by atoms with Crippen molar-refractivity contribution in [2.45, 2.75) is 45.4 Å². The highest BCUT2D eigenvalue weighted by Gasteiger charge is 2.12. The maximum absolute atomic E-state index is 13.0. The Hall–Kier alpha value is -1.47. The van der Waals surface area contributed by atoms with Gasteiger partial charge in [-0.1, -0.05) is 45.1 Å². The van der Waals surface area contributed by atoms with Crippen LogP contribution in [0.2, 0.25) is 0 Å². The van der Waals surface area contributed by atoms with Crippen molar-refractivity contribution in [3.05, 3.63) is 30.1 Å². The molecular weight excluding hydrogens is 319 g/mol. The zero-order chi connectivity index (χ0) is 17.1. The molecule has 5 nitrogen and oxygen atoms in total. The molecule has 0 aliphatic carbocycles. The van der Waals surface area contributed by atoms with Crippen LogP contribution >= 0.6 is 0 Å². The number of nitrogens with one attached hydrogen (secondary N) is 2. The molecule has 0 aliphatic rings. The fourth-order valence-corrected chi connectivity index (χ4v) is 3.17. The summed E-state index contributed by atoms with van der Waals surface area (Å²) >= 11 is 0. The second kappa shape index (κ2) is 10.3. The van der Waals surface area contributed by atoms with E-state index in [1.54, 1.807) is 0 Å². The van der Waals surface area contributed by atoms with E-state index in [0.717, 1.165) is 25.7 Å². The van der Waals surface area contributed by atoms with Gasteiger partial charge in [-0.05, 0) is 24.6 Å². The molecule has 7 heteroatoms. The van der Waals surface area contributed by atoms with Crippen molar-refractivity contribution in [2.24, 2.45) is 0 Å². The molecule has 0 saturated carbocycles. The van der Waals surface area contributed by atoms with E-state index in [1.165, 1.54) is 30.7 Å². The van der Waals surface area contributed by atoms with E-state index in [2.05, 4.69) is 17.0 Å². The first-order valence-electron chi connectivity index (χ1n) is 7.95. The van der Waals surface area contributed by atoms with Crippen molar-refractivity contribution in [2.75, 3.05) is 17.6 Å². The van der Waals surface area contributed by atoms with Gasteiger partial charge in [-0.2, -0.15) is 0 Å². The summed E-state index contributed by atoms with van der Waals surface area (Å²) in [5.74, 6) is -0.972. The van der Waals surface area contributed by atoms with Crippen molar-refractivity contribution in [1.82, 2.24) is 4.72 Å². The first kappa shape index (κ1) is 19.6. The van der Waals surface area contributed by atoms with Gasteiger partial charge in [-0.3, -0.25) is 4.79 Å². The summed E-state index contributed by atoms with van der Waals surface area (Å²) in [5, 5.41) is 2.44. The molecule has 0 bridgehead atoms. The van der Waals surface area contributed by atoms with Gasteiger partial charge in [0.15, 0.2) is 0 Å². The van der Waals surface area contributed by atoms with Crippen molar-refractivity contribution in [3.8, 4) is 0 Å². The minimum absolute atomic E-state index is 0.0202. The first-order chi connectivity index (χ1) is 10.9. The van der Waals surface area contributed by atoms with Gasteiger partial charge in [0.25, 0.3) is 0 Å². The largest absolute Gasteiger partial charge is 0.325 e. The molecule has 0 spiro atoms. The maximum Gasteiger partial charge on any atom is 0.239 e. The summed E-state index contributed by atoms with van der Waals surface area (Å²) in [6, 6.07) is 5.43. The standard InChI is InChI=1S/C16H25FN2O3S/c1-2-3-4-5-6-7-11-23(21,22)18-13-16(20)19-15-10-8-9-14(17)12-15/h8-10,12,18H,2-7,11,13H2,1H3,(H,19,20). The Kier molecular flexibility index (Phi) is 8.79. The topological polar surface area (TPSA) is 75.3 Å². The lowest BCUT2D eigenvalue weighted by atomic mass is 10.1. The smallest absolute Gasteiger partial charge is 0.239 e. The molecule has 0 aromatic heterocycles. The number of carbonyl (C=O) groups excluding carboxylic acids is 1. The Labute approximate surface area is 137 Å². The quantitative estimate of drug-likeness (QED) is 0.606. The number of carbonyl (C=O) groups is 1. The Morgan fingerprint density at radius 1 is 1.13 bits per heavy atom. The molecule has 0 radical (unpaired) electrons. The van der Waals surface area contributed by atoms with E-state index < -0.39 is 21.7 Å². The minimum atomic E-state index is -3.45. The highest BCUT2D eigenvalue weighted by atomic mass is 32.2. The molecule has 1 rings (SSSR count). The van der Waals surface area contributed by atoms with Crippen LogP contribution in [0.1, 0.15) is 45.4 Å².